The average molecular weight is 841 g/mol. The first-order valence-electron chi connectivity index (χ1n) is 26.2. The smallest absolute Gasteiger partial charge is 0.306 e. The van der Waals surface area contributed by atoms with E-state index < -0.39 is 6.10 Å². The van der Waals surface area contributed by atoms with Crippen molar-refractivity contribution in [2.45, 2.75) is 271 Å². The van der Waals surface area contributed by atoms with Crippen molar-refractivity contribution < 1.29 is 23.8 Å². The summed E-state index contributed by atoms with van der Waals surface area (Å²) in [6.45, 7) is 7.72. The fraction of sp³-hybridized carbons (Fsp3) is 0.818. The van der Waals surface area contributed by atoms with Gasteiger partial charge in [0.05, 0.1) is 6.61 Å². The summed E-state index contributed by atoms with van der Waals surface area (Å²) >= 11 is 0. The van der Waals surface area contributed by atoms with Crippen molar-refractivity contribution in [3.63, 3.8) is 0 Å². The lowest BCUT2D eigenvalue weighted by atomic mass is 10.0. The minimum Gasteiger partial charge on any atom is -0.462 e. The lowest BCUT2D eigenvalue weighted by Crippen LogP contribution is -2.30. The van der Waals surface area contributed by atoms with E-state index >= 15 is 0 Å². The standard InChI is InChI=1S/C55H100O5/c1-4-7-10-13-16-19-22-24-26-28-30-32-34-36-39-42-45-48-54(56)59-52-53(51-58-50-47-44-41-38-21-18-15-12-9-6-3)60-55(57)49-46-43-40-37-35-33-31-29-27-25-23-20-17-14-11-8-5-2/h7,10,16,19,24,26,30,32,53H,4-6,8-9,11-15,17-18,20-23,25,27-29,31,33-52H2,1-3H3/b10-7-,19-16-,26-24-,32-30-. The summed E-state index contributed by atoms with van der Waals surface area (Å²) in [6, 6.07) is 0. The van der Waals surface area contributed by atoms with E-state index in [0.717, 1.165) is 83.5 Å². The fourth-order valence-electron chi connectivity index (χ4n) is 7.50. The highest BCUT2D eigenvalue weighted by molar-refractivity contribution is 5.70. The van der Waals surface area contributed by atoms with Crippen LogP contribution in [0.5, 0.6) is 0 Å². The maximum Gasteiger partial charge on any atom is 0.306 e. The molecule has 0 N–H and O–H groups in total. The second-order valence-electron chi connectivity index (χ2n) is 17.4. The molecule has 0 spiro atoms. The second kappa shape index (κ2) is 51.2. The van der Waals surface area contributed by atoms with Crippen molar-refractivity contribution in [2.24, 2.45) is 0 Å². The highest BCUT2D eigenvalue weighted by Crippen LogP contribution is 2.16. The molecular formula is C55H100O5. The number of rotatable bonds is 48. The van der Waals surface area contributed by atoms with Crippen molar-refractivity contribution in [1.82, 2.24) is 0 Å². The maximum absolute atomic E-state index is 12.8. The Bertz CT molecular complexity index is 997. The van der Waals surface area contributed by atoms with E-state index in [1.807, 2.05) is 0 Å². The van der Waals surface area contributed by atoms with Crippen molar-refractivity contribution >= 4 is 11.9 Å². The van der Waals surface area contributed by atoms with Gasteiger partial charge >= 0.3 is 11.9 Å². The molecule has 1 unspecified atom stereocenters. The molecular weight excluding hydrogens is 741 g/mol. The third kappa shape index (κ3) is 48.5. The molecule has 0 amide bonds. The molecule has 0 aromatic heterocycles. The first kappa shape index (κ1) is 57.9. The third-order valence-corrected chi connectivity index (χ3v) is 11.4. The Morgan fingerprint density at radius 3 is 1.20 bits per heavy atom. The van der Waals surface area contributed by atoms with Crippen LogP contribution in [0.3, 0.4) is 0 Å². The molecule has 0 aliphatic heterocycles. The van der Waals surface area contributed by atoms with E-state index in [1.54, 1.807) is 0 Å². The second-order valence-corrected chi connectivity index (χ2v) is 17.4. The highest BCUT2D eigenvalue weighted by atomic mass is 16.6. The van der Waals surface area contributed by atoms with Gasteiger partial charge in [0, 0.05) is 19.4 Å². The highest BCUT2D eigenvalue weighted by Gasteiger charge is 2.17. The summed E-state index contributed by atoms with van der Waals surface area (Å²) in [5.41, 5.74) is 0. The monoisotopic (exact) mass is 841 g/mol. The third-order valence-electron chi connectivity index (χ3n) is 11.4. The Morgan fingerprint density at radius 2 is 0.750 bits per heavy atom. The Balaban J connectivity index is 4.22. The molecule has 0 saturated heterocycles. The van der Waals surface area contributed by atoms with Crippen LogP contribution in [0, 0.1) is 0 Å². The van der Waals surface area contributed by atoms with Crippen LogP contribution < -0.4 is 0 Å². The number of hydrogen-bond acceptors (Lipinski definition) is 5. The molecule has 1 atom stereocenters. The van der Waals surface area contributed by atoms with E-state index in [-0.39, 0.29) is 25.2 Å². The molecule has 60 heavy (non-hydrogen) atoms. The number of allylic oxidation sites excluding steroid dienone is 8. The van der Waals surface area contributed by atoms with Crippen LogP contribution in [0.25, 0.3) is 0 Å². The number of esters is 2. The summed E-state index contributed by atoms with van der Waals surface area (Å²) in [5, 5.41) is 0. The van der Waals surface area contributed by atoms with E-state index in [0.29, 0.717) is 19.4 Å². The zero-order chi connectivity index (χ0) is 43.5. The van der Waals surface area contributed by atoms with Crippen LogP contribution in [0.2, 0.25) is 0 Å². The summed E-state index contributed by atoms with van der Waals surface area (Å²) < 4.78 is 17.4. The predicted octanol–water partition coefficient (Wildman–Crippen LogP) is 17.6. The molecule has 0 aliphatic rings. The van der Waals surface area contributed by atoms with Crippen molar-refractivity contribution in [1.29, 1.82) is 0 Å². The molecule has 0 bridgehead atoms. The minimum atomic E-state index is -0.540. The minimum absolute atomic E-state index is 0.0769. The molecule has 350 valence electrons. The molecule has 0 rings (SSSR count). The SMILES string of the molecule is CC/C=C\C/C=C\C/C=C\C/C=C\CCCCCCC(=O)OCC(COCCCCCCCCCCCC)OC(=O)CCCCCCCCCCCCCCCCCCC. The molecule has 0 aliphatic carbocycles. The van der Waals surface area contributed by atoms with Gasteiger partial charge < -0.3 is 14.2 Å². The van der Waals surface area contributed by atoms with Gasteiger partial charge in [-0.25, -0.2) is 0 Å². The Morgan fingerprint density at radius 1 is 0.383 bits per heavy atom. The lowest BCUT2D eigenvalue weighted by Gasteiger charge is -2.18. The van der Waals surface area contributed by atoms with Gasteiger partial charge in [-0.15, -0.1) is 0 Å². The normalized spacial score (nSPS) is 12.5. The molecule has 0 aromatic carbocycles. The first-order chi connectivity index (χ1) is 29.6. The van der Waals surface area contributed by atoms with Crippen LogP contribution in [0.1, 0.15) is 265 Å². The van der Waals surface area contributed by atoms with Gasteiger partial charge in [0.25, 0.3) is 0 Å². The largest absolute Gasteiger partial charge is 0.462 e. The van der Waals surface area contributed by atoms with Gasteiger partial charge in [-0.2, -0.15) is 0 Å². The van der Waals surface area contributed by atoms with Gasteiger partial charge in [-0.3, -0.25) is 9.59 Å². The number of carbonyl (C=O) groups excluding carboxylic acids is 2. The molecule has 5 heteroatoms. The molecule has 0 fully saturated rings. The fourth-order valence-corrected chi connectivity index (χ4v) is 7.50. The predicted molar refractivity (Wildman–Crippen MR) is 261 cm³/mol. The maximum atomic E-state index is 12.8. The molecule has 0 radical (unpaired) electrons. The van der Waals surface area contributed by atoms with Gasteiger partial charge in [0.15, 0.2) is 6.10 Å². The summed E-state index contributed by atoms with van der Waals surface area (Å²) in [5.74, 6) is -0.411. The van der Waals surface area contributed by atoms with E-state index in [9.17, 15) is 9.59 Å². The number of hydrogen-bond donors (Lipinski definition) is 0. The summed E-state index contributed by atoms with van der Waals surface area (Å²) in [6.07, 6.45) is 62.6. The van der Waals surface area contributed by atoms with Crippen molar-refractivity contribution in [3.05, 3.63) is 48.6 Å². The van der Waals surface area contributed by atoms with Crippen LogP contribution in [0.4, 0.5) is 0 Å². The Hall–Kier alpha value is -2.14. The number of unbranched alkanes of at least 4 members (excludes halogenated alkanes) is 29. The average Bonchev–Trinajstić information content (AvgIpc) is 3.25. The Labute approximate surface area is 373 Å². The van der Waals surface area contributed by atoms with Gasteiger partial charge in [0.1, 0.15) is 6.61 Å². The zero-order valence-corrected chi connectivity index (χ0v) is 40.2. The van der Waals surface area contributed by atoms with Crippen molar-refractivity contribution in [2.75, 3.05) is 19.8 Å². The van der Waals surface area contributed by atoms with Crippen LogP contribution in [0.15, 0.2) is 48.6 Å². The van der Waals surface area contributed by atoms with E-state index in [1.165, 1.54) is 148 Å². The molecule has 5 nitrogen and oxygen atoms in total. The summed E-state index contributed by atoms with van der Waals surface area (Å²) in [7, 11) is 0. The molecule has 0 heterocycles. The zero-order valence-electron chi connectivity index (χ0n) is 40.2. The van der Waals surface area contributed by atoms with Crippen LogP contribution in [-0.2, 0) is 23.8 Å². The molecule has 0 saturated carbocycles. The van der Waals surface area contributed by atoms with Crippen molar-refractivity contribution in [3.8, 4) is 0 Å². The van der Waals surface area contributed by atoms with E-state index in [2.05, 4.69) is 69.4 Å². The van der Waals surface area contributed by atoms with Crippen LogP contribution in [-0.4, -0.2) is 37.9 Å². The van der Waals surface area contributed by atoms with Gasteiger partial charge in [0.2, 0.25) is 0 Å². The van der Waals surface area contributed by atoms with E-state index in [4.69, 9.17) is 14.2 Å². The molecule has 0 aromatic rings. The number of ether oxygens (including phenoxy) is 3. The van der Waals surface area contributed by atoms with Gasteiger partial charge in [-0.05, 0) is 57.8 Å². The quantitative estimate of drug-likeness (QED) is 0.0347. The lowest BCUT2D eigenvalue weighted by molar-refractivity contribution is -0.163. The van der Waals surface area contributed by atoms with Gasteiger partial charge in [-0.1, -0.05) is 243 Å². The first-order valence-corrected chi connectivity index (χ1v) is 26.2. The Kier molecular flexibility index (Phi) is 49.4. The topological polar surface area (TPSA) is 61.8 Å². The number of carbonyl (C=O) groups is 2. The van der Waals surface area contributed by atoms with Crippen LogP contribution >= 0.6 is 0 Å². The summed E-state index contributed by atoms with van der Waals surface area (Å²) in [4.78, 5) is 25.4.